The normalized spacial score (nSPS) is 17.7. The first kappa shape index (κ1) is 10.4. The van der Waals surface area contributed by atoms with Crippen LogP contribution in [-0.4, -0.2) is 19.8 Å². The van der Waals surface area contributed by atoms with Gasteiger partial charge in [0.05, 0.1) is 13.2 Å². The summed E-state index contributed by atoms with van der Waals surface area (Å²) in [6.45, 7) is 1.90. The number of ether oxygens (including phenoxy) is 2. The molecule has 80 valence electrons. The highest BCUT2D eigenvalue weighted by molar-refractivity contribution is 5.50. The maximum absolute atomic E-state index is 5.43. The quantitative estimate of drug-likeness (QED) is 0.817. The molecule has 2 N–H and O–H groups in total. The fourth-order valence-corrected chi connectivity index (χ4v) is 1.56. The van der Waals surface area contributed by atoms with Gasteiger partial charge in [-0.05, 0) is 11.6 Å². The molecule has 1 aliphatic heterocycles. The Morgan fingerprint density at radius 3 is 2.87 bits per heavy atom. The van der Waals surface area contributed by atoms with Crippen LogP contribution in [0.3, 0.4) is 0 Å². The van der Waals surface area contributed by atoms with Gasteiger partial charge in [-0.1, -0.05) is 30.4 Å². The molecule has 0 bridgehead atoms. The van der Waals surface area contributed by atoms with Gasteiger partial charge in [-0.3, -0.25) is 0 Å². The third-order valence-electron chi connectivity index (χ3n) is 2.25. The molecule has 1 aromatic rings. The van der Waals surface area contributed by atoms with Crippen molar-refractivity contribution < 1.29 is 9.47 Å². The molecule has 0 radical (unpaired) electrons. The van der Waals surface area contributed by atoms with Crippen molar-refractivity contribution in [1.29, 1.82) is 0 Å². The lowest BCUT2D eigenvalue weighted by Gasteiger charge is -2.09. The molecule has 15 heavy (non-hydrogen) atoms. The predicted octanol–water partition coefficient (Wildman–Crippen LogP) is 1.70. The van der Waals surface area contributed by atoms with E-state index in [4.69, 9.17) is 15.2 Å². The van der Waals surface area contributed by atoms with Crippen molar-refractivity contribution in [1.82, 2.24) is 0 Å². The van der Waals surface area contributed by atoms with E-state index in [-0.39, 0.29) is 6.29 Å². The van der Waals surface area contributed by atoms with Crippen LogP contribution in [0.1, 0.15) is 17.4 Å². The molecule has 0 unspecified atom stereocenters. The number of hydrogen-bond acceptors (Lipinski definition) is 3. The standard InChI is InChI=1S/C12H15NO2/c13-6-2-4-10-3-1-5-11(9-10)12-14-7-8-15-12/h1-5,9,12H,6-8,13H2. The zero-order chi connectivity index (χ0) is 10.5. The Kier molecular flexibility index (Phi) is 3.50. The van der Waals surface area contributed by atoms with E-state index in [1.54, 1.807) is 0 Å². The predicted molar refractivity (Wildman–Crippen MR) is 59.2 cm³/mol. The monoisotopic (exact) mass is 205 g/mol. The minimum absolute atomic E-state index is 0.198. The Morgan fingerprint density at radius 1 is 1.33 bits per heavy atom. The summed E-state index contributed by atoms with van der Waals surface area (Å²) in [5.74, 6) is 0. The second-order valence-corrected chi connectivity index (χ2v) is 3.38. The summed E-state index contributed by atoms with van der Waals surface area (Å²) >= 11 is 0. The lowest BCUT2D eigenvalue weighted by atomic mass is 10.1. The Hall–Kier alpha value is -1.16. The van der Waals surface area contributed by atoms with Crippen LogP contribution in [0, 0.1) is 0 Å². The first-order valence-electron chi connectivity index (χ1n) is 5.10. The molecule has 0 aliphatic carbocycles. The molecule has 3 nitrogen and oxygen atoms in total. The average molecular weight is 205 g/mol. The molecule has 1 fully saturated rings. The third kappa shape index (κ3) is 2.65. The molecule has 2 rings (SSSR count). The second kappa shape index (κ2) is 5.07. The van der Waals surface area contributed by atoms with Crippen molar-refractivity contribution in [2.75, 3.05) is 19.8 Å². The van der Waals surface area contributed by atoms with Gasteiger partial charge in [0.15, 0.2) is 6.29 Å². The summed E-state index contributed by atoms with van der Waals surface area (Å²) in [5, 5.41) is 0. The molecule has 1 saturated heterocycles. The first-order chi connectivity index (χ1) is 7.40. The summed E-state index contributed by atoms with van der Waals surface area (Å²) in [6, 6.07) is 8.10. The van der Waals surface area contributed by atoms with Gasteiger partial charge in [0, 0.05) is 12.1 Å². The Morgan fingerprint density at radius 2 is 2.13 bits per heavy atom. The highest BCUT2D eigenvalue weighted by atomic mass is 16.7. The van der Waals surface area contributed by atoms with Crippen molar-refractivity contribution >= 4 is 6.08 Å². The summed E-state index contributed by atoms with van der Waals surface area (Å²) in [7, 11) is 0. The first-order valence-corrected chi connectivity index (χ1v) is 5.10. The SMILES string of the molecule is NCC=Cc1cccc(C2OCCO2)c1. The van der Waals surface area contributed by atoms with Gasteiger partial charge in [0.1, 0.15) is 0 Å². The molecule has 0 atom stereocenters. The number of benzene rings is 1. The zero-order valence-electron chi connectivity index (χ0n) is 8.56. The van der Waals surface area contributed by atoms with Crippen LogP contribution in [0.25, 0.3) is 6.08 Å². The largest absolute Gasteiger partial charge is 0.346 e. The summed E-state index contributed by atoms with van der Waals surface area (Å²) in [4.78, 5) is 0. The molecule has 1 aromatic carbocycles. The number of nitrogens with two attached hydrogens (primary N) is 1. The van der Waals surface area contributed by atoms with Crippen LogP contribution in [0.4, 0.5) is 0 Å². The van der Waals surface area contributed by atoms with E-state index in [0.29, 0.717) is 19.8 Å². The fourth-order valence-electron chi connectivity index (χ4n) is 1.56. The van der Waals surface area contributed by atoms with E-state index in [2.05, 4.69) is 6.07 Å². The maximum Gasteiger partial charge on any atom is 0.184 e. The second-order valence-electron chi connectivity index (χ2n) is 3.38. The molecule has 0 saturated carbocycles. The molecular weight excluding hydrogens is 190 g/mol. The van der Waals surface area contributed by atoms with E-state index in [1.807, 2.05) is 30.4 Å². The molecule has 0 spiro atoms. The van der Waals surface area contributed by atoms with Crippen molar-refractivity contribution in [3.8, 4) is 0 Å². The highest BCUT2D eigenvalue weighted by Crippen LogP contribution is 2.23. The van der Waals surface area contributed by atoms with E-state index >= 15 is 0 Å². The fraction of sp³-hybridized carbons (Fsp3) is 0.333. The molecular formula is C12H15NO2. The van der Waals surface area contributed by atoms with Crippen LogP contribution in [0.15, 0.2) is 30.3 Å². The van der Waals surface area contributed by atoms with E-state index in [9.17, 15) is 0 Å². The summed E-state index contributed by atoms with van der Waals surface area (Å²) in [6.07, 6.45) is 3.73. The minimum Gasteiger partial charge on any atom is -0.346 e. The molecule has 0 aromatic heterocycles. The third-order valence-corrected chi connectivity index (χ3v) is 2.25. The highest BCUT2D eigenvalue weighted by Gasteiger charge is 2.17. The van der Waals surface area contributed by atoms with Gasteiger partial charge in [-0.15, -0.1) is 0 Å². The maximum atomic E-state index is 5.43. The zero-order valence-corrected chi connectivity index (χ0v) is 8.56. The number of hydrogen-bond donors (Lipinski definition) is 1. The van der Waals surface area contributed by atoms with Gasteiger partial charge in [0.2, 0.25) is 0 Å². The van der Waals surface area contributed by atoms with E-state index in [1.165, 1.54) is 0 Å². The smallest absolute Gasteiger partial charge is 0.184 e. The van der Waals surface area contributed by atoms with Crippen LogP contribution in [0.5, 0.6) is 0 Å². The average Bonchev–Trinajstić information content (AvgIpc) is 2.80. The van der Waals surface area contributed by atoms with Gasteiger partial charge in [-0.25, -0.2) is 0 Å². The lowest BCUT2D eigenvalue weighted by molar-refractivity contribution is -0.0441. The van der Waals surface area contributed by atoms with Crippen LogP contribution in [-0.2, 0) is 9.47 Å². The van der Waals surface area contributed by atoms with Crippen LogP contribution >= 0.6 is 0 Å². The molecule has 1 heterocycles. The number of rotatable bonds is 3. The van der Waals surface area contributed by atoms with Gasteiger partial charge in [-0.2, -0.15) is 0 Å². The molecule has 1 aliphatic rings. The van der Waals surface area contributed by atoms with E-state index in [0.717, 1.165) is 11.1 Å². The Bertz CT molecular complexity index is 343. The molecule has 0 amide bonds. The summed E-state index contributed by atoms with van der Waals surface area (Å²) < 4.78 is 10.9. The van der Waals surface area contributed by atoms with Gasteiger partial charge >= 0.3 is 0 Å². The van der Waals surface area contributed by atoms with Crippen molar-refractivity contribution in [3.63, 3.8) is 0 Å². The van der Waals surface area contributed by atoms with Crippen LogP contribution in [0.2, 0.25) is 0 Å². The van der Waals surface area contributed by atoms with Crippen molar-refractivity contribution in [3.05, 3.63) is 41.5 Å². The van der Waals surface area contributed by atoms with Gasteiger partial charge < -0.3 is 15.2 Å². The van der Waals surface area contributed by atoms with Crippen LogP contribution < -0.4 is 5.73 Å². The van der Waals surface area contributed by atoms with Crippen molar-refractivity contribution in [2.45, 2.75) is 6.29 Å². The lowest BCUT2D eigenvalue weighted by Crippen LogP contribution is -1.98. The Balaban J connectivity index is 2.14. The van der Waals surface area contributed by atoms with Gasteiger partial charge in [0.25, 0.3) is 0 Å². The van der Waals surface area contributed by atoms with Crippen molar-refractivity contribution in [2.24, 2.45) is 5.73 Å². The molecule has 3 heteroatoms. The minimum atomic E-state index is -0.198. The van der Waals surface area contributed by atoms with E-state index < -0.39 is 0 Å². The summed E-state index contributed by atoms with van der Waals surface area (Å²) in [5.41, 5.74) is 7.58. The Labute approximate surface area is 89.5 Å². The topological polar surface area (TPSA) is 44.5 Å².